The van der Waals surface area contributed by atoms with E-state index in [1.165, 1.54) is 0 Å². The largest absolute Gasteiger partial charge is 0.494 e. The van der Waals surface area contributed by atoms with Crippen molar-refractivity contribution in [2.45, 2.75) is 37.8 Å². The topological polar surface area (TPSA) is 140 Å². The minimum Gasteiger partial charge on any atom is -0.494 e. The Balaban J connectivity index is 1.26. The van der Waals surface area contributed by atoms with Crippen LogP contribution in [0.25, 0.3) is 6.08 Å². The van der Waals surface area contributed by atoms with Crippen molar-refractivity contribution in [2.24, 2.45) is 0 Å². The number of anilines is 1. The van der Waals surface area contributed by atoms with Crippen LogP contribution in [0.5, 0.6) is 0 Å². The number of hydrogen-bond acceptors (Lipinski definition) is 10. The van der Waals surface area contributed by atoms with Crippen molar-refractivity contribution < 1.29 is 14.7 Å². The molecule has 1 saturated heterocycles. The fourth-order valence-corrected chi connectivity index (χ4v) is 4.13. The number of hydrogen-bond donors (Lipinski definition) is 6. The zero-order valence-corrected chi connectivity index (χ0v) is 17.0. The number of rotatable bonds is 6. The predicted molar refractivity (Wildman–Crippen MR) is 114 cm³/mol. The Bertz CT molecular complexity index is 922. The average Bonchev–Trinajstić information content (AvgIpc) is 3.05. The van der Waals surface area contributed by atoms with E-state index >= 15 is 0 Å². The van der Waals surface area contributed by atoms with Gasteiger partial charge in [0.05, 0.1) is 10.6 Å². The number of aromatic nitrogens is 2. The van der Waals surface area contributed by atoms with E-state index in [-0.39, 0.29) is 17.2 Å². The molecule has 30 heavy (non-hydrogen) atoms. The van der Waals surface area contributed by atoms with Crippen LogP contribution in [0.3, 0.4) is 0 Å². The van der Waals surface area contributed by atoms with Gasteiger partial charge in [-0.1, -0.05) is 0 Å². The van der Waals surface area contributed by atoms with Crippen LogP contribution < -0.4 is 26.8 Å². The molecule has 0 atom stereocenters. The molecule has 1 aromatic rings. The Labute approximate surface area is 177 Å². The summed E-state index contributed by atoms with van der Waals surface area (Å²) in [5.74, 6) is 0.225. The molecule has 0 unspecified atom stereocenters. The number of thioether (sulfide) groups is 1. The molecule has 3 aliphatic rings. The molecule has 1 saturated carbocycles. The van der Waals surface area contributed by atoms with Crippen LogP contribution in [0.1, 0.15) is 31.4 Å². The first-order valence-electron chi connectivity index (χ1n) is 9.75. The Kier molecular flexibility index (Phi) is 6.19. The second-order valence-electron chi connectivity index (χ2n) is 7.22. The van der Waals surface area contributed by atoms with Gasteiger partial charge in [-0.2, -0.15) is 0 Å². The molecule has 1 aromatic heterocycles. The predicted octanol–water partition coefficient (Wildman–Crippen LogP) is 1.50. The number of amides is 2. The number of nitrogens with zero attached hydrogens (tertiary/aromatic N) is 2. The SMILES string of the molecule is O=C1NC(=O)/C(=C/c2ccnc(N[C@H]3CC[C@H](NCC4=CC=C(O)NN4)CC3)n2)S1. The molecule has 11 heteroatoms. The third kappa shape index (κ3) is 5.30. The molecule has 0 aromatic carbocycles. The van der Waals surface area contributed by atoms with E-state index in [0.29, 0.717) is 29.1 Å². The second-order valence-corrected chi connectivity index (χ2v) is 8.24. The van der Waals surface area contributed by atoms with Crippen molar-refractivity contribution in [1.29, 1.82) is 0 Å². The number of aliphatic hydroxyl groups excluding tert-OH is 1. The third-order valence-electron chi connectivity index (χ3n) is 5.03. The maximum atomic E-state index is 11.7. The summed E-state index contributed by atoms with van der Waals surface area (Å²) in [6.45, 7) is 0.702. The van der Waals surface area contributed by atoms with Crippen LogP contribution in [0.2, 0.25) is 0 Å². The number of allylic oxidation sites excluding steroid dienone is 2. The molecule has 0 radical (unpaired) electrons. The molecule has 10 nitrogen and oxygen atoms in total. The summed E-state index contributed by atoms with van der Waals surface area (Å²) >= 11 is 0.871. The van der Waals surface area contributed by atoms with Gasteiger partial charge >= 0.3 is 0 Å². The fourth-order valence-electron chi connectivity index (χ4n) is 3.47. The molecule has 0 spiro atoms. The molecule has 1 aliphatic carbocycles. The van der Waals surface area contributed by atoms with Crippen molar-refractivity contribution in [2.75, 3.05) is 11.9 Å². The molecule has 6 N–H and O–H groups in total. The van der Waals surface area contributed by atoms with Gasteiger partial charge in [0.25, 0.3) is 11.1 Å². The van der Waals surface area contributed by atoms with Gasteiger partial charge in [0.2, 0.25) is 11.8 Å². The Morgan fingerprint density at radius 1 is 1.17 bits per heavy atom. The first-order chi connectivity index (χ1) is 14.5. The second kappa shape index (κ2) is 9.18. The van der Waals surface area contributed by atoms with Crippen LogP contribution in [-0.4, -0.2) is 44.8 Å². The average molecular weight is 430 g/mol. The first-order valence-corrected chi connectivity index (χ1v) is 10.6. The summed E-state index contributed by atoms with van der Waals surface area (Å²) in [7, 11) is 0. The molecule has 158 valence electrons. The summed E-state index contributed by atoms with van der Waals surface area (Å²) in [6.07, 6.45) is 10.7. The third-order valence-corrected chi connectivity index (χ3v) is 5.84. The van der Waals surface area contributed by atoms with Crippen molar-refractivity contribution in [3.8, 4) is 0 Å². The van der Waals surface area contributed by atoms with E-state index in [4.69, 9.17) is 0 Å². The lowest BCUT2D eigenvalue weighted by Crippen LogP contribution is -2.42. The number of nitrogens with one attached hydrogen (secondary N) is 5. The quantitative estimate of drug-likeness (QED) is 0.369. The summed E-state index contributed by atoms with van der Waals surface area (Å²) in [5.41, 5.74) is 7.17. The lowest BCUT2D eigenvalue weighted by Gasteiger charge is -2.30. The van der Waals surface area contributed by atoms with E-state index < -0.39 is 5.91 Å². The molecule has 2 fully saturated rings. The number of hydrazine groups is 1. The van der Waals surface area contributed by atoms with Crippen LogP contribution in [0.15, 0.2) is 40.9 Å². The molecule has 3 heterocycles. The van der Waals surface area contributed by atoms with E-state index in [1.54, 1.807) is 24.4 Å². The van der Waals surface area contributed by atoms with E-state index in [0.717, 1.165) is 43.1 Å². The Morgan fingerprint density at radius 3 is 2.67 bits per heavy atom. The minimum absolute atomic E-state index is 0.103. The first kappa shape index (κ1) is 20.2. The van der Waals surface area contributed by atoms with Crippen molar-refractivity contribution in [3.63, 3.8) is 0 Å². The monoisotopic (exact) mass is 429 g/mol. The van der Waals surface area contributed by atoms with Gasteiger partial charge in [0.15, 0.2) is 0 Å². The molecular weight excluding hydrogens is 406 g/mol. The normalized spacial score (nSPS) is 25.1. The number of aliphatic hydroxyl groups is 1. The fraction of sp³-hybridized carbons (Fsp3) is 0.368. The summed E-state index contributed by atoms with van der Waals surface area (Å²) in [6, 6.07) is 2.41. The highest BCUT2D eigenvalue weighted by Crippen LogP contribution is 2.25. The Hall–Kier alpha value is -3.05. The zero-order chi connectivity index (χ0) is 20.9. The zero-order valence-electron chi connectivity index (χ0n) is 16.1. The van der Waals surface area contributed by atoms with Gasteiger partial charge in [0.1, 0.15) is 0 Å². The van der Waals surface area contributed by atoms with Crippen molar-refractivity contribution in [3.05, 3.63) is 46.6 Å². The lowest BCUT2D eigenvalue weighted by atomic mass is 9.91. The van der Waals surface area contributed by atoms with Crippen molar-refractivity contribution >= 4 is 34.9 Å². The van der Waals surface area contributed by atoms with Crippen LogP contribution >= 0.6 is 11.8 Å². The molecule has 4 rings (SSSR count). The van der Waals surface area contributed by atoms with E-state index in [2.05, 4.69) is 36.8 Å². The molecule has 2 amide bonds. The molecular formula is C19H23N7O3S. The van der Waals surface area contributed by atoms with E-state index in [9.17, 15) is 14.7 Å². The maximum absolute atomic E-state index is 11.7. The van der Waals surface area contributed by atoms with Gasteiger partial charge in [-0.25, -0.2) is 9.97 Å². The Morgan fingerprint density at radius 2 is 1.97 bits per heavy atom. The smallest absolute Gasteiger partial charge is 0.290 e. The standard InChI is InChI=1S/C19H23N7O3S/c27-16-6-5-14(25-26-16)10-21-11-1-3-12(4-2-11)22-18-20-8-7-13(23-18)9-15-17(28)24-19(29)30-15/h5-9,11-12,21,25-27H,1-4,10H2,(H,20,22,23)(H,24,28,29)/b15-9-/t11-,12-. The van der Waals surface area contributed by atoms with Crippen LogP contribution in [0.4, 0.5) is 10.7 Å². The molecule has 0 bridgehead atoms. The van der Waals surface area contributed by atoms with Gasteiger partial charge in [-0.05, 0) is 55.7 Å². The van der Waals surface area contributed by atoms with Gasteiger partial charge < -0.3 is 21.2 Å². The number of imide groups is 1. The summed E-state index contributed by atoms with van der Waals surface area (Å²) < 4.78 is 0. The van der Waals surface area contributed by atoms with Crippen LogP contribution in [-0.2, 0) is 4.79 Å². The number of carbonyl (C=O) groups is 2. The van der Waals surface area contributed by atoms with Crippen molar-refractivity contribution in [1.82, 2.24) is 31.5 Å². The van der Waals surface area contributed by atoms with Crippen LogP contribution in [0, 0.1) is 0 Å². The highest BCUT2D eigenvalue weighted by atomic mass is 32.2. The number of carbonyl (C=O) groups excluding carboxylic acids is 2. The van der Waals surface area contributed by atoms with Gasteiger partial charge in [-0.15, -0.1) is 0 Å². The highest BCUT2D eigenvalue weighted by Gasteiger charge is 2.25. The van der Waals surface area contributed by atoms with Gasteiger partial charge in [0, 0.05) is 36.6 Å². The summed E-state index contributed by atoms with van der Waals surface area (Å²) in [5, 5.41) is 18.0. The summed E-state index contributed by atoms with van der Waals surface area (Å²) in [4.78, 5) is 32.0. The maximum Gasteiger partial charge on any atom is 0.290 e. The van der Waals surface area contributed by atoms with E-state index in [1.807, 2.05) is 6.08 Å². The van der Waals surface area contributed by atoms with Gasteiger partial charge in [-0.3, -0.25) is 20.3 Å². The lowest BCUT2D eigenvalue weighted by molar-refractivity contribution is -0.115. The molecule has 2 aliphatic heterocycles. The minimum atomic E-state index is -0.397. The highest BCUT2D eigenvalue weighted by molar-refractivity contribution is 8.18.